The van der Waals surface area contributed by atoms with Crippen LogP contribution in [0.15, 0.2) is 175 Å². The van der Waals surface area contributed by atoms with Crippen molar-refractivity contribution in [3.05, 3.63) is 187 Å². The van der Waals surface area contributed by atoms with Crippen molar-refractivity contribution < 1.29 is 0 Å². The predicted molar refractivity (Wildman–Crippen MR) is 233 cm³/mol. The molecule has 0 N–H and O–H groups in total. The molecule has 0 amide bonds. The van der Waals surface area contributed by atoms with Crippen LogP contribution in [0.3, 0.4) is 0 Å². The van der Waals surface area contributed by atoms with E-state index in [2.05, 4.69) is 222 Å². The first kappa shape index (κ1) is 32.8. The number of hydrogen-bond acceptors (Lipinski definition) is 3. The first-order valence-corrected chi connectivity index (χ1v) is 21.1. The van der Waals surface area contributed by atoms with Gasteiger partial charge in [-0.15, -0.1) is 0 Å². The Morgan fingerprint density at radius 2 is 1.10 bits per heavy atom. The van der Waals surface area contributed by atoms with Gasteiger partial charge in [0.25, 0.3) is 0 Å². The van der Waals surface area contributed by atoms with Gasteiger partial charge in [0.1, 0.15) is 0 Å². The Balaban J connectivity index is 1.26. The number of rotatable bonds is 7. The molecule has 0 bridgehead atoms. The average molecular weight is 801 g/mol. The van der Waals surface area contributed by atoms with Gasteiger partial charge in [0.2, 0.25) is 0 Å². The molecule has 0 saturated heterocycles. The standard InChI is InChI=1S/C48H37IN2S/c1-32-14-7-12-22-44(32)51(45-23-13-16-33-15-8-9-19-38(33)45)36-26-29-41-42(30-36)48(2,3)43-31-46(39-20-10-11-21-40(39)47(41)43)50(34-17-5-4-6-18-34)35-24-27-37(52-49)28-25-35/h4-31H,1-3H3. The van der Waals surface area contributed by atoms with E-state index >= 15 is 0 Å². The fraction of sp³-hybridized carbons (Fsp3) is 0.0833. The summed E-state index contributed by atoms with van der Waals surface area (Å²) in [6.45, 7) is 7.01. The molecule has 0 aromatic heterocycles. The highest BCUT2D eigenvalue weighted by Crippen LogP contribution is 2.56. The van der Waals surface area contributed by atoms with Gasteiger partial charge < -0.3 is 9.80 Å². The van der Waals surface area contributed by atoms with Gasteiger partial charge in [-0.3, -0.25) is 0 Å². The normalized spacial score (nSPS) is 12.8. The van der Waals surface area contributed by atoms with Crippen LogP contribution < -0.4 is 9.80 Å². The summed E-state index contributed by atoms with van der Waals surface area (Å²) >= 11 is 2.36. The quantitative estimate of drug-likeness (QED) is 0.148. The summed E-state index contributed by atoms with van der Waals surface area (Å²) in [6.07, 6.45) is 0. The maximum atomic E-state index is 2.47. The minimum atomic E-state index is -0.250. The second-order valence-corrected chi connectivity index (χ2v) is 16.0. The monoisotopic (exact) mass is 800 g/mol. The molecule has 9 rings (SSSR count). The molecule has 8 aromatic carbocycles. The lowest BCUT2D eigenvalue weighted by atomic mass is 9.81. The highest BCUT2D eigenvalue weighted by atomic mass is 127. The fourth-order valence-electron chi connectivity index (χ4n) is 8.15. The molecule has 0 saturated carbocycles. The van der Waals surface area contributed by atoms with Gasteiger partial charge in [-0.1, -0.05) is 126 Å². The van der Waals surface area contributed by atoms with Gasteiger partial charge >= 0.3 is 0 Å². The lowest BCUT2D eigenvalue weighted by Gasteiger charge is -2.30. The molecule has 0 atom stereocenters. The number of benzene rings is 8. The minimum Gasteiger partial charge on any atom is -0.310 e. The first-order valence-electron chi connectivity index (χ1n) is 17.7. The van der Waals surface area contributed by atoms with Crippen molar-refractivity contribution >= 4 is 85.8 Å². The summed E-state index contributed by atoms with van der Waals surface area (Å²) in [4.78, 5) is 6.12. The second-order valence-electron chi connectivity index (χ2n) is 14.1. The van der Waals surface area contributed by atoms with Crippen LogP contribution in [0.25, 0.3) is 32.7 Å². The first-order chi connectivity index (χ1) is 25.4. The van der Waals surface area contributed by atoms with Gasteiger partial charge in [-0.05, 0) is 112 Å². The topological polar surface area (TPSA) is 6.48 Å². The lowest BCUT2D eigenvalue weighted by molar-refractivity contribution is 0.661. The lowest BCUT2D eigenvalue weighted by Crippen LogP contribution is -2.18. The molecule has 0 heterocycles. The third-order valence-electron chi connectivity index (χ3n) is 10.7. The van der Waals surface area contributed by atoms with Crippen LogP contribution in [-0.4, -0.2) is 0 Å². The van der Waals surface area contributed by atoms with E-state index in [0.29, 0.717) is 0 Å². The molecule has 0 spiro atoms. The van der Waals surface area contributed by atoms with Crippen LogP contribution in [-0.2, 0) is 5.41 Å². The Hall–Kier alpha value is -5.04. The summed E-state index contributed by atoms with van der Waals surface area (Å²) in [5.41, 5.74) is 13.3. The van der Waals surface area contributed by atoms with Gasteiger partial charge in [0, 0.05) is 65.0 Å². The molecule has 252 valence electrons. The van der Waals surface area contributed by atoms with Gasteiger partial charge in [-0.2, -0.15) is 0 Å². The summed E-state index contributed by atoms with van der Waals surface area (Å²) in [5.74, 6) is 0. The van der Waals surface area contributed by atoms with Gasteiger partial charge in [0.15, 0.2) is 0 Å². The van der Waals surface area contributed by atoms with E-state index in [0.717, 1.165) is 17.1 Å². The summed E-state index contributed by atoms with van der Waals surface area (Å²) in [6, 6.07) is 62.3. The predicted octanol–water partition coefficient (Wildman–Crippen LogP) is 15.0. The van der Waals surface area contributed by atoms with E-state index in [1.165, 1.54) is 71.3 Å². The van der Waals surface area contributed by atoms with E-state index < -0.39 is 0 Å². The molecule has 0 aliphatic heterocycles. The maximum absolute atomic E-state index is 2.47. The minimum absolute atomic E-state index is 0.250. The Morgan fingerprint density at radius 3 is 1.87 bits per heavy atom. The van der Waals surface area contributed by atoms with Crippen LogP contribution in [0.1, 0.15) is 30.5 Å². The molecule has 4 heteroatoms. The molecule has 1 aliphatic rings. The van der Waals surface area contributed by atoms with Crippen LogP contribution in [0, 0.1) is 6.92 Å². The number of nitrogens with zero attached hydrogens (tertiary/aromatic N) is 2. The maximum Gasteiger partial charge on any atom is 0.0543 e. The number of para-hydroxylation sites is 2. The van der Waals surface area contributed by atoms with Crippen molar-refractivity contribution in [2.24, 2.45) is 0 Å². The molecule has 8 aromatic rings. The number of halogens is 1. The highest BCUT2D eigenvalue weighted by molar-refractivity contribution is 14.2. The number of aryl methyl sites for hydroxylation is 1. The zero-order valence-corrected chi connectivity index (χ0v) is 32.3. The Kier molecular flexibility index (Phi) is 8.32. The third kappa shape index (κ3) is 5.39. The van der Waals surface area contributed by atoms with Crippen molar-refractivity contribution in [3.63, 3.8) is 0 Å². The Labute approximate surface area is 322 Å². The molecule has 0 unspecified atom stereocenters. The van der Waals surface area contributed by atoms with E-state index in [1.54, 1.807) is 8.93 Å². The van der Waals surface area contributed by atoms with E-state index in [-0.39, 0.29) is 5.41 Å². The zero-order valence-electron chi connectivity index (χ0n) is 29.3. The van der Waals surface area contributed by atoms with Crippen LogP contribution >= 0.6 is 30.1 Å². The molecular weight excluding hydrogens is 764 g/mol. The molecule has 0 fully saturated rings. The zero-order chi connectivity index (χ0) is 35.4. The smallest absolute Gasteiger partial charge is 0.0543 e. The van der Waals surface area contributed by atoms with Crippen molar-refractivity contribution in [1.29, 1.82) is 0 Å². The van der Waals surface area contributed by atoms with Gasteiger partial charge in [0.05, 0.1) is 11.4 Å². The number of hydrogen-bond donors (Lipinski definition) is 0. The highest BCUT2D eigenvalue weighted by Gasteiger charge is 2.38. The average Bonchev–Trinajstić information content (AvgIpc) is 3.42. The van der Waals surface area contributed by atoms with Crippen molar-refractivity contribution in [2.45, 2.75) is 31.1 Å². The van der Waals surface area contributed by atoms with E-state index in [1.807, 2.05) is 0 Å². The third-order valence-corrected chi connectivity index (χ3v) is 12.7. The SMILES string of the molecule is Cc1ccccc1N(c1ccc2c(c1)C(C)(C)c1cc(N(c3ccccc3)c3ccc(SI)cc3)c3ccccc3c1-2)c1cccc2ccccc12. The Bertz CT molecular complexity index is 2610. The van der Waals surface area contributed by atoms with E-state index in [4.69, 9.17) is 0 Å². The summed E-state index contributed by atoms with van der Waals surface area (Å²) < 4.78 is 0. The van der Waals surface area contributed by atoms with Gasteiger partial charge in [-0.25, -0.2) is 0 Å². The van der Waals surface area contributed by atoms with Crippen LogP contribution in [0.5, 0.6) is 0 Å². The van der Waals surface area contributed by atoms with Crippen molar-refractivity contribution in [1.82, 2.24) is 0 Å². The number of fused-ring (bicyclic) bond motifs is 6. The molecule has 1 aliphatic carbocycles. The largest absolute Gasteiger partial charge is 0.310 e. The second kappa shape index (κ2) is 13.2. The number of anilines is 6. The van der Waals surface area contributed by atoms with Crippen molar-refractivity contribution in [3.8, 4) is 11.1 Å². The summed E-state index contributed by atoms with van der Waals surface area (Å²) in [5, 5.41) is 4.98. The molecule has 2 nitrogen and oxygen atoms in total. The molecular formula is C48H37IN2S. The van der Waals surface area contributed by atoms with Crippen molar-refractivity contribution in [2.75, 3.05) is 9.80 Å². The molecule has 0 radical (unpaired) electrons. The van der Waals surface area contributed by atoms with Crippen LogP contribution in [0.4, 0.5) is 34.1 Å². The Morgan fingerprint density at radius 1 is 0.481 bits per heavy atom. The van der Waals surface area contributed by atoms with E-state index in [9.17, 15) is 0 Å². The fourth-order valence-corrected chi connectivity index (χ4v) is 9.27. The molecule has 52 heavy (non-hydrogen) atoms. The summed E-state index contributed by atoms with van der Waals surface area (Å²) in [7, 11) is 1.74. The van der Waals surface area contributed by atoms with Crippen LogP contribution in [0.2, 0.25) is 0 Å².